The van der Waals surface area contributed by atoms with Gasteiger partial charge in [-0.3, -0.25) is 0 Å². The minimum absolute atomic E-state index is 0.0570. The van der Waals surface area contributed by atoms with Crippen LogP contribution in [0.25, 0.3) is 5.65 Å². The lowest BCUT2D eigenvalue weighted by Crippen LogP contribution is -2.22. The molecule has 0 radical (unpaired) electrons. The summed E-state index contributed by atoms with van der Waals surface area (Å²) in [6.07, 6.45) is -8.43. The number of anilines is 1. The van der Waals surface area contributed by atoms with Crippen LogP contribution in [0.2, 0.25) is 0 Å². The first-order chi connectivity index (χ1) is 13.5. The van der Waals surface area contributed by atoms with E-state index in [-0.39, 0.29) is 23.6 Å². The summed E-state index contributed by atoms with van der Waals surface area (Å²) in [5.41, 5.74) is -1.76. The van der Waals surface area contributed by atoms with Crippen molar-refractivity contribution < 1.29 is 30.7 Å². The molecule has 2 aromatic heterocycles. The quantitative estimate of drug-likeness (QED) is 0.636. The van der Waals surface area contributed by atoms with E-state index in [1.165, 1.54) is 12.1 Å². The highest BCUT2D eigenvalue weighted by atomic mass is 19.4. The summed E-state index contributed by atoms with van der Waals surface area (Å²) in [7, 11) is 0. The number of rotatable bonds is 4. The number of hydrogen-bond donors (Lipinski definition) is 1. The molecule has 29 heavy (non-hydrogen) atoms. The first-order valence-corrected chi connectivity index (χ1v) is 8.40. The van der Waals surface area contributed by atoms with Crippen LogP contribution in [0, 0.1) is 5.82 Å². The van der Waals surface area contributed by atoms with Crippen LogP contribution in [0.15, 0.2) is 30.3 Å². The van der Waals surface area contributed by atoms with Crippen LogP contribution >= 0.6 is 0 Å². The molecular formula is C17H12F7N5. The Morgan fingerprint density at radius 3 is 2.31 bits per heavy atom. The first kappa shape index (κ1) is 19.4. The van der Waals surface area contributed by atoms with Crippen LogP contribution in [-0.2, 0) is 17.8 Å². The van der Waals surface area contributed by atoms with Crippen LogP contribution in [0.5, 0.6) is 0 Å². The van der Waals surface area contributed by atoms with Crippen LogP contribution in [-0.4, -0.2) is 26.4 Å². The van der Waals surface area contributed by atoms with Gasteiger partial charge in [-0.15, -0.1) is 15.3 Å². The zero-order chi connectivity index (χ0) is 21.0. The number of nitrogens with one attached hydrogen (secondary N) is 1. The average Bonchev–Trinajstić information content (AvgIpc) is 3.29. The molecule has 154 valence electrons. The van der Waals surface area contributed by atoms with Crippen molar-refractivity contribution >= 4 is 11.5 Å². The third-order valence-corrected chi connectivity index (χ3v) is 4.82. The van der Waals surface area contributed by atoms with E-state index in [0.29, 0.717) is 23.4 Å². The standard InChI is InChI=1S/C17H12F7N5/c18-11-6-9(5-10(7-11)16(19,20)21)15(3-4-15)8-25-12-1-2-13-26-27-14(17(22,23)24)29(13)28-12/h1-2,5-7H,3-4,8H2,(H,25,28). The molecule has 4 rings (SSSR count). The van der Waals surface area contributed by atoms with Crippen molar-refractivity contribution in [1.82, 2.24) is 19.8 Å². The van der Waals surface area contributed by atoms with E-state index in [4.69, 9.17) is 0 Å². The van der Waals surface area contributed by atoms with Crippen LogP contribution < -0.4 is 5.32 Å². The van der Waals surface area contributed by atoms with E-state index in [9.17, 15) is 30.7 Å². The van der Waals surface area contributed by atoms with Gasteiger partial charge in [-0.25, -0.2) is 4.39 Å². The van der Waals surface area contributed by atoms with Gasteiger partial charge in [-0.2, -0.15) is 30.9 Å². The fourth-order valence-electron chi connectivity index (χ4n) is 3.10. The highest BCUT2D eigenvalue weighted by Gasteiger charge is 2.46. The first-order valence-electron chi connectivity index (χ1n) is 8.40. The van der Waals surface area contributed by atoms with E-state index in [2.05, 4.69) is 20.6 Å². The molecule has 1 aromatic carbocycles. The summed E-state index contributed by atoms with van der Waals surface area (Å²) in [6, 6.07) is 5.03. The molecule has 1 aliphatic rings. The van der Waals surface area contributed by atoms with Gasteiger partial charge in [-0.05, 0) is 48.7 Å². The average molecular weight is 419 g/mol. The molecule has 0 spiro atoms. The second-order valence-electron chi connectivity index (χ2n) is 6.87. The van der Waals surface area contributed by atoms with Gasteiger partial charge in [0.15, 0.2) is 5.65 Å². The number of fused-ring (bicyclic) bond motifs is 1. The van der Waals surface area contributed by atoms with Crippen LogP contribution in [0.4, 0.5) is 36.6 Å². The van der Waals surface area contributed by atoms with Crippen LogP contribution in [0.1, 0.15) is 29.8 Å². The third-order valence-electron chi connectivity index (χ3n) is 4.82. The summed E-state index contributed by atoms with van der Waals surface area (Å²) < 4.78 is 92.0. The molecular weight excluding hydrogens is 407 g/mol. The highest BCUT2D eigenvalue weighted by Crippen LogP contribution is 2.49. The topological polar surface area (TPSA) is 55.1 Å². The van der Waals surface area contributed by atoms with Crippen molar-refractivity contribution in [3.8, 4) is 0 Å². The molecule has 5 nitrogen and oxygen atoms in total. The minimum Gasteiger partial charge on any atom is -0.368 e. The molecule has 0 bridgehead atoms. The van der Waals surface area contributed by atoms with Crippen molar-refractivity contribution in [3.05, 3.63) is 53.1 Å². The van der Waals surface area contributed by atoms with E-state index in [0.717, 1.165) is 12.1 Å². The Bertz CT molecular complexity index is 1070. The van der Waals surface area contributed by atoms with Gasteiger partial charge in [-0.1, -0.05) is 0 Å². The van der Waals surface area contributed by atoms with Gasteiger partial charge in [0, 0.05) is 12.0 Å². The summed E-state index contributed by atoms with van der Waals surface area (Å²) in [4.78, 5) is 0. The number of halogens is 7. The lowest BCUT2D eigenvalue weighted by molar-refractivity contribution is -0.146. The Morgan fingerprint density at radius 1 is 0.966 bits per heavy atom. The van der Waals surface area contributed by atoms with Gasteiger partial charge >= 0.3 is 12.4 Å². The lowest BCUT2D eigenvalue weighted by atomic mass is 9.94. The third kappa shape index (κ3) is 3.70. The molecule has 0 atom stereocenters. The van der Waals surface area contributed by atoms with Crippen LogP contribution in [0.3, 0.4) is 0 Å². The predicted molar refractivity (Wildman–Crippen MR) is 86.6 cm³/mol. The molecule has 1 N–H and O–H groups in total. The molecule has 0 saturated heterocycles. The maximum Gasteiger partial charge on any atom is 0.453 e. The normalized spacial score (nSPS) is 16.2. The van der Waals surface area contributed by atoms with Gasteiger partial charge in [0.05, 0.1) is 5.56 Å². The van der Waals surface area contributed by atoms with Crippen molar-refractivity contribution in [1.29, 1.82) is 0 Å². The molecule has 3 aromatic rings. The number of alkyl halides is 6. The predicted octanol–water partition coefficient (Wildman–Crippen LogP) is 4.44. The van der Waals surface area contributed by atoms with Gasteiger partial charge < -0.3 is 5.32 Å². The van der Waals surface area contributed by atoms with E-state index in [1.54, 1.807) is 0 Å². The summed E-state index contributed by atoms with van der Waals surface area (Å²) in [6.45, 7) is 0.0791. The van der Waals surface area contributed by atoms with Crippen molar-refractivity contribution in [3.63, 3.8) is 0 Å². The summed E-state index contributed by atoms with van der Waals surface area (Å²) >= 11 is 0. The molecule has 1 fully saturated rings. The fourth-order valence-corrected chi connectivity index (χ4v) is 3.10. The number of benzene rings is 1. The second-order valence-corrected chi connectivity index (χ2v) is 6.87. The number of hydrogen-bond acceptors (Lipinski definition) is 4. The Morgan fingerprint density at radius 2 is 1.69 bits per heavy atom. The highest BCUT2D eigenvalue weighted by molar-refractivity contribution is 5.46. The molecule has 1 aliphatic carbocycles. The second kappa shape index (κ2) is 6.29. The van der Waals surface area contributed by atoms with Gasteiger partial charge in [0.1, 0.15) is 11.6 Å². The Hall–Kier alpha value is -2.92. The number of nitrogens with zero attached hydrogens (tertiary/aromatic N) is 4. The van der Waals surface area contributed by atoms with Gasteiger partial charge in [0.2, 0.25) is 0 Å². The Kier molecular flexibility index (Phi) is 4.21. The zero-order valence-corrected chi connectivity index (χ0v) is 14.4. The largest absolute Gasteiger partial charge is 0.453 e. The number of aromatic nitrogens is 4. The van der Waals surface area contributed by atoms with Crippen molar-refractivity contribution in [2.24, 2.45) is 0 Å². The van der Waals surface area contributed by atoms with E-state index >= 15 is 0 Å². The van der Waals surface area contributed by atoms with Crippen molar-refractivity contribution in [2.45, 2.75) is 30.6 Å². The maximum absolute atomic E-state index is 13.7. The maximum atomic E-state index is 13.7. The molecule has 2 heterocycles. The van der Waals surface area contributed by atoms with Crippen molar-refractivity contribution in [2.75, 3.05) is 11.9 Å². The monoisotopic (exact) mass is 419 g/mol. The zero-order valence-electron chi connectivity index (χ0n) is 14.4. The molecule has 12 heteroatoms. The van der Waals surface area contributed by atoms with Gasteiger partial charge in [0.25, 0.3) is 5.82 Å². The Balaban J connectivity index is 1.59. The van der Waals surface area contributed by atoms with E-state index in [1.807, 2.05) is 0 Å². The summed E-state index contributed by atoms with van der Waals surface area (Å²) in [5.74, 6) is -2.24. The molecule has 0 unspecified atom stereocenters. The lowest BCUT2D eigenvalue weighted by Gasteiger charge is -2.19. The smallest absolute Gasteiger partial charge is 0.368 e. The molecule has 1 saturated carbocycles. The fraction of sp³-hybridized carbons (Fsp3) is 0.353. The van der Waals surface area contributed by atoms with E-state index < -0.39 is 35.0 Å². The Labute approximate surface area is 158 Å². The molecule has 0 amide bonds. The summed E-state index contributed by atoms with van der Waals surface area (Å²) in [5, 5.41) is 13.1. The minimum atomic E-state index is -4.75. The molecule has 0 aliphatic heterocycles. The SMILES string of the molecule is Fc1cc(C(F)(F)F)cc(C2(CNc3ccc4nnc(C(F)(F)F)n4n3)CC2)c1.